The number of carbonyl (C=O) groups excluding carboxylic acids is 1. The molecule has 27 heavy (non-hydrogen) atoms. The number of benzene rings is 1. The van der Waals surface area contributed by atoms with E-state index in [-0.39, 0.29) is 5.91 Å². The zero-order chi connectivity index (χ0) is 18.6. The van der Waals surface area contributed by atoms with Crippen LogP contribution in [-0.2, 0) is 6.54 Å². The molecule has 0 aliphatic carbocycles. The summed E-state index contributed by atoms with van der Waals surface area (Å²) in [4.78, 5) is 22.4. The minimum Gasteiger partial charge on any atom is -0.497 e. The van der Waals surface area contributed by atoms with Crippen molar-refractivity contribution in [1.82, 2.24) is 14.8 Å². The van der Waals surface area contributed by atoms with E-state index in [0.29, 0.717) is 0 Å². The van der Waals surface area contributed by atoms with Gasteiger partial charge in [0.25, 0.3) is 5.91 Å². The fourth-order valence-corrected chi connectivity index (χ4v) is 4.67. The molecule has 0 radical (unpaired) electrons. The fraction of sp³-hybridized carbons (Fsp3) is 0.300. The van der Waals surface area contributed by atoms with Crippen LogP contribution in [0.25, 0.3) is 11.3 Å². The molecule has 2 aromatic heterocycles. The van der Waals surface area contributed by atoms with Gasteiger partial charge in [0.05, 0.1) is 24.2 Å². The number of rotatable bonds is 5. The third kappa shape index (κ3) is 4.21. The van der Waals surface area contributed by atoms with E-state index < -0.39 is 0 Å². The average molecular weight is 400 g/mol. The number of thiophene rings is 1. The Bertz CT molecular complexity index is 882. The number of nitrogens with zero attached hydrogens (tertiary/aromatic N) is 3. The Labute approximate surface area is 166 Å². The summed E-state index contributed by atoms with van der Waals surface area (Å²) in [5.41, 5.74) is 2.11. The predicted molar refractivity (Wildman–Crippen MR) is 110 cm³/mol. The van der Waals surface area contributed by atoms with Gasteiger partial charge in [-0.05, 0) is 35.7 Å². The molecule has 4 rings (SSSR count). The number of ether oxygens (including phenoxy) is 1. The summed E-state index contributed by atoms with van der Waals surface area (Å²) in [5.74, 6) is 1.00. The van der Waals surface area contributed by atoms with Crippen LogP contribution in [0.5, 0.6) is 5.75 Å². The molecule has 1 fully saturated rings. The highest BCUT2D eigenvalue weighted by atomic mass is 32.1. The van der Waals surface area contributed by atoms with E-state index in [9.17, 15) is 4.79 Å². The summed E-state index contributed by atoms with van der Waals surface area (Å²) in [6, 6.07) is 11.8. The quantitative estimate of drug-likeness (QED) is 0.654. The van der Waals surface area contributed by atoms with E-state index in [1.165, 1.54) is 11.3 Å². The first-order valence-electron chi connectivity index (χ1n) is 8.87. The number of amides is 1. The standard InChI is InChI=1S/C20H21N3O2S2/c1-25-16-6-4-15(5-7-16)17-14-27-19(21-17)13-22-8-10-23(11-9-22)20(24)18-3-2-12-26-18/h2-7,12,14H,8-11,13H2,1H3. The zero-order valence-electron chi connectivity index (χ0n) is 15.1. The Morgan fingerprint density at radius 3 is 2.56 bits per heavy atom. The van der Waals surface area contributed by atoms with Crippen molar-refractivity contribution in [2.24, 2.45) is 0 Å². The van der Waals surface area contributed by atoms with E-state index >= 15 is 0 Å². The second-order valence-electron chi connectivity index (χ2n) is 6.40. The maximum atomic E-state index is 12.4. The first kappa shape index (κ1) is 18.2. The van der Waals surface area contributed by atoms with E-state index in [4.69, 9.17) is 9.72 Å². The van der Waals surface area contributed by atoms with Gasteiger partial charge in [0.1, 0.15) is 10.8 Å². The third-order valence-corrected chi connectivity index (χ3v) is 6.38. The molecule has 0 bridgehead atoms. The van der Waals surface area contributed by atoms with E-state index in [2.05, 4.69) is 10.3 Å². The molecule has 1 amide bonds. The van der Waals surface area contributed by atoms with Crippen LogP contribution in [-0.4, -0.2) is 54.0 Å². The molecular weight excluding hydrogens is 378 g/mol. The number of hydrogen-bond donors (Lipinski definition) is 0. The largest absolute Gasteiger partial charge is 0.497 e. The van der Waals surface area contributed by atoms with Crippen molar-refractivity contribution >= 4 is 28.6 Å². The third-order valence-electron chi connectivity index (χ3n) is 4.69. The molecule has 5 nitrogen and oxygen atoms in total. The normalized spacial score (nSPS) is 15.1. The van der Waals surface area contributed by atoms with Crippen molar-refractivity contribution in [2.45, 2.75) is 6.54 Å². The molecular formula is C20H21N3O2S2. The smallest absolute Gasteiger partial charge is 0.264 e. The lowest BCUT2D eigenvalue weighted by Crippen LogP contribution is -2.48. The SMILES string of the molecule is COc1ccc(-c2csc(CN3CCN(C(=O)c4cccs4)CC3)n2)cc1. The van der Waals surface area contributed by atoms with Gasteiger partial charge in [-0.15, -0.1) is 22.7 Å². The highest BCUT2D eigenvalue weighted by Gasteiger charge is 2.23. The highest BCUT2D eigenvalue weighted by molar-refractivity contribution is 7.12. The molecule has 1 aromatic carbocycles. The van der Waals surface area contributed by atoms with Crippen molar-refractivity contribution < 1.29 is 9.53 Å². The van der Waals surface area contributed by atoms with E-state index in [1.807, 2.05) is 46.7 Å². The zero-order valence-corrected chi connectivity index (χ0v) is 16.8. The van der Waals surface area contributed by atoms with Crippen LogP contribution in [0, 0.1) is 0 Å². The first-order valence-corrected chi connectivity index (χ1v) is 10.6. The van der Waals surface area contributed by atoms with Gasteiger partial charge in [0, 0.05) is 37.1 Å². The molecule has 3 heterocycles. The molecule has 7 heteroatoms. The van der Waals surface area contributed by atoms with Gasteiger partial charge in [-0.1, -0.05) is 6.07 Å². The van der Waals surface area contributed by atoms with E-state index in [1.54, 1.807) is 18.4 Å². The van der Waals surface area contributed by atoms with Crippen LogP contribution in [0.1, 0.15) is 14.7 Å². The minimum atomic E-state index is 0.153. The number of methoxy groups -OCH3 is 1. The van der Waals surface area contributed by atoms with Crippen LogP contribution >= 0.6 is 22.7 Å². The molecule has 1 saturated heterocycles. The van der Waals surface area contributed by atoms with E-state index in [0.717, 1.165) is 59.6 Å². The van der Waals surface area contributed by atoms with Crippen molar-refractivity contribution in [3.8, 4) is 17.0 Å². The lowest BCUT2D eigenvalue weighted by atomic mass is 10.2. The summed E-state index contributed by atoms with van der Waals surface area (Å²) in [7, 11) is 1.67. The maximum absolute atomic E-state index is 12.4. The van der Waals surface area contributed by atoms with Gasteiger partial charge >= 0.3 is 0 Å². The van der Waals surface area contributed by atoms with Crippen LogP contribution < -0.4 is 4.74 Å². The Hall–Kier alpha value is -2.22. The molecule has 0 saturated carbocycles. The molecule has 0 atom stereocenters. The lowest BCUT2D eigenvalue weighted by Gasteiger charge is -2.34. The van der Waals surface area contributed by atoms with Crippen molar-refractivity contribution in [3.05, 3.63) is 57.0 Å². The average Bonchev–Trinajstić information content (AvgIpc) is 3.40. The number of carbonyl (C=O) groups is 1. The highest BCUT2D eigenvalue weighted by Crippen LogP contribution is 2.25. The van der Waals surface area contributed by atoms with Crippen molar-refractivity contribution in [1.29, 1.82) is 0 Å². The number of aromatic nitrogens is 1. The molecule has 140 valence electrons. The number of hydrogen-bond acceptors (Lipinski definition) is 6. The summed E-state index contributed by atoms with van der Waals surface area (Å²) in [6.45, 7) is 4.14. The second-order valence-corrected chi connectivity index (χ2v) is 8.29. The molecule has 0 unspecified atom stereocenters. The first-order chi connectivity index (χ1) is 13.2. The van der Waals surface area contributed by atoms with Crippen LogP contribution in [0.4, 0.5) is 0 Å². The Balaban J connectivity index is 1.33. The molecule has 0 N–H and O–H groups in total. The Kier molecular flexibility index (Phi) is 5.52. The molecule has 3 aromatic rings. The van der Waals surface area contributed by atoms with Crippen LogP contribution in [0.2, 0.25) is 0 Å². The monoisotopic (exact) mass is 399 g/mol. The summed E-state index contributed by atoms with van der Waals surface area (Å²) >= 11 is 3.20. The maximum Gasteiger partial charge on any atom is 0.264 e. The van der Waals surface area contributed by atoms with Gasteiger partial charge in [-0.3, -0.25) is 9.69 Å². The Morgan fingerprint density at radius 1 is 1.11 bits per heavy atom. The Morgan fingerprint density at radius 2 is 1.89 bits per heavy atom. The van der Waals surface area contributed by atoms with Gasteiger partial charge in [-0.25, -0.2) is 4.98 Å². The molecule has 1 aliphatic heterocycles. The molecule has 1 aliphatic rings. The van der Waals surface area contributed by atoms with Gasteiger partial charge in [-0.2, -0.15) is 0 Å². The van der Waals surface area contributed by atoms with Gasteiger partial charge in [0.2, 0.25) is 0 Å². The summed E-state index contributed by atoms with van der Waals surface area (Å²) in [5, 5.41) is 5.17. The van der Waals surface area contributed by atoms with Gasteiger partial charge < -0.3 is 9.64 Å². The van der Waals surface area contributed by atoms with Crippen molar-refractivity contribution in [2.75, 3.05) is 33.3 Å². The topological polar surface area (TPSA) is 45.7 Å². The minimum absolute atomic E-state index is 0.153. The van der Waals surface area contributed by atoms with Crippen LogP contribution in [0.3, 0.4) is 0 Å². The summed E-state index contributed by atoms with van der Waals surface area (Å²) in [6.07, 6.45) is 0. The fourth-order valence-electron chi connectivity index (χ4n) is 3.13. The van der Waals surface area contributed by atoms with Gasteiger partial charge in [0.15, 0.2) is 0 Å². The van der Waals surface area contributed by atoms with Crippen molar-refractivity contribution in [3.63, 3.8) is 0 Å². The predicted octanol–water partition coefficient (Wildman–Crippen LogP) is 3.84. The molecule has 0 spiro atoms. The number of thiazole rings is 1. The van der Waals surface area contributed by atoms with Crippen LogP contribution in [0.15, 0.2) is 47.2 Å². The second kappa shape index (κ2) is 8.21. The lowest BCUT2D eigenvalue weighted by molar-refractivity contribution is 0.0633. The number of piperazine rings is 1. The summed E-state index contributed by atoms with van der Waals surface area (Å²) < 4.78 is 5.21.